The lowest BCUT2D eigenvalue weighted by atomic mass is 10.0. The highest BCUT2D eigenvalue weighted by atomic mass is 19.4. The molecule has 6 nitrogen and oxygen atoms in total. The van der Waals surface area contributed by atoms with Gasteiger partial charge in [0.15, 0.2) is 11.4 Å². The van der Waals surface area contributed by atoms with Gasteiger partial charge in [-0.15, -0.1) is 0 Å². The maximum Gasteiger partial charge on any atom is 0.416 e. The zero-order valence-electron chi connectivity index (χ0n) is 17.7. The Morgan fingerprint density at radius 3 is 2.53 bits per heavy atom. The van der Waals surface area contributed by atoms with Crippen molar-refractivity contribution in [3.05, 3.63) is 77.6 Å². The van der Waals surface area contributed by atoms with Gasteiger partial charge in [-0.2, -0.15) is 18.3 Å². The van der Waals surface area contributed by atoms with Gasteiger partial charge in [0, 0.05) is 19.6 Å². The van der Waals surface area contributed by atoms with Crippen LogP contribution in [0, 0.1) is 0 Å². The number of benzene rings is 2. The highest BCUT2D eigenvalue weighted by Crippen LogP contribution is 2.32. The van der Waals surface area contributed by atoms with E-state index < -0.39 is 11.7 Å². The summed E-state index contributed by atoms with van der Waals surface area (Å²) in [7, 11) is 3.41. The van der Waals surface area contributed by atoms with Crippen LogP contribution < -0.4 is 4.74 Å². The number of carbonyl (C=O) groups is 1. The first-order valence-corrected chi connectivity index (χ1v) is 10.1. The van der Waals surface area contributed by atoms with E-state index >= 15 is 0 Å². The number of methoxy groups -OCH3 is 1. The van der Waals surface area contributed by atoms with Crippen molar-refractivity contribution in [1.82, 2.24) is 19.6 Å². The minimum atomic E-state index is -4.48. The summed E-state index contributed by atoms with van der Waals surface area (Å²) in [5, 5.41) is 4.32. The summed E-state index contributed by atoms with van der Waals surface area (Å²) in [6, 6.07) is 14.3. The van der Waals surface area contributed by atoms with E-state index in [1.54, 1.807) is 4.90 Å². The standard InChI is InChI=1S/C23H23F3N4O2/c1-28-11-12-29(19(14-28)16-7-4-3-5-8-16)22(31)21-20(32-2)15-30(27-21)18-10-6-9-17(13-18)23(24,25)26/h3-10,13,15,19H,11-12,14H2,1-2H3/t19-/m0/s1. The number of alkyl halides is 3. The molecule has 0 unspecified atom stereocenters. The molecule has 1 aliphatic rings. The Kier molecular flexibility index (Phi) is 5.92. The van der Waals surface area contributed by atoms with E-state index in [9.17, 15) is 18.0 Å². The molecule has 3 aromatic rings. The van der Waals surface area contributed by atoms with Crippen molar-refractivity contribution in [1.29, 1.82) is 0 Å². The Morgan fingerprint density at radius 2 is 1.84 bits per heavy atom. The maximum absolute atomic E-state index is 13.5. The lowest BCUT2D eigenvalue weighted by molar-refractivity contribution is -0.137. The molecule has 0 spiro atoms. The fraction of sp³-hybridized carbons (Fsp3) is 0.304. The fourth-order valence-corrected chi connectivity index (χ4v) is 3.87. The van der Waals surface area contributed by atoms with Crippen molar-refractivity contribution >= 4 is 5.91 Å². The Morgan fingerprint density at radius 1 is 1.09 bits per heavy atom. The highest BCUT2D eigenvalue weighted by Gasteiger charge is 2.34. The molecule has 168 valence electrons. The Labute approximate surface area is 183 Å². The third-order valence-electron chi connectivity index (χ3n) is 5.57. The fourth-order valence-electron chi connectivity index (χ4n) is 3.87. The monoisotopic (exact) mass is 444 g/mol. The minimum absolute atomic E-state index is 0.0652. The first-order valence-electron chi connectivity index (χ1n) is 10.1. The lowest BCUT2D eigenvalue weighted by Gasteiger charge is -2.40. The summed E-state index contributed by atoms with van der Waals surface area (Å²) in [5.41, 5.74) is 0.467. The average molecular weight is 444 g/mol. The van der Waals surface area contributed by atoms with Crippen LogP contribution >= 0.6 is 0 Å². The van der Waals surface area contributed by atoms with Gasteiger partial charge in [-0.1, -0.05) is 36.4 Å². The molecule has 1 saturated heterocycles. The zero-order chi connectivity index (χ0) is 22.9. The van der Waals surface area contributed by atoms with Gasteiger partial charge in [-0.25, -0.2) is 4.68 Å². The first-order chi connectivity index (χ1) is 15.3. The topological polar surface area (TPSA) is 50.6 Å². The smallest absolute Gasteiger partial charge is 0.416 e. The van der Waals surface area contributed by atoms with Gasteiger partial charge in [-0.3, -0.25) is 4.79 Å². The Hall–Kier alpha value is -3.33. The van der Waals surface area contributed by atoms with E-state index in [2.05, 4.69) is 10.00 Å². The molecular formula is C23H23F3N4O2. The van der Waals surface area contributed by atoms with Gasteiger partial charge in [-0.05, 0) is 30.8 Å². The molecule has 0 N–H and O–H groups in total. The van der Waals surface area contributed by atoms with Crippen LogP contribution in [0.15, 0.2) is 60.8 Å². The van der Waals surface area contributed by atoms with Crippen LogP contribution in [-0.4, -0.2) is 59.3 Å². The SMILES string of the molecule is COc1cn(-c2cccc(C(F)(F)F)c2)nc1C(=O)N1CCN(C)C[C@H]1c1ccccc1. The summed E-state index contributed by atoms with van der Waals surface area (Å²) in [6.07, 6.45) is -3.05. The maximum atomic E-state index is 13.5. The quantitative estimate of drug-likeness (QED) is 0.610. The summed E-state index contributed by atoms with van der Waals surface area (Å²) in [6.45, 7) is 1.85. The summed E-state index contributed by atoms with van der Waals surface area (Å²) in [4.78, 5) is 17.4. The molecule has 0 radical (unpaired) electrons. The van der Waals surface area contributed by atoms with E-state index in [0.29, 0.717) is 19.6 Å². The first kappa shape index (κ1) is 21.9. The third kappa shape index (κ3) is 4.34. The molecule has 0 saturated carbocycles. The van der Waals surface area contributed by atoms with Gasteiger partial charge in [0.05, 0.1) is 30.6 Å². The molecule has 32 heavy (non-hydrogen) atoms. The predicted octanol–water partition coefficient (Wildman–Crippen LogP) is 4.03. The van der Waals surface area contributed by atoms with Crippen molar-refractivity contribution < 1.29 is 22.7 Å². The van der Waals surface area contributed by atoms with Crippen LogP contribution in [0.3, 0.4) is 0 Å². The molecule has 0 bridgehead atoms. The lowest BCUT2D eigenvalue weighted by Crippen LogP contribution is -2.49. The Balaban J connectivity index is 1.69. The molecule has 1 aromatic heterocycles. The van der Waals surface area contributed by atoms with Crippen LogP contribution in [0.25, 0.3) is 5.69 Å². The van der Waals surface area contributed by atoms with Gasteiger partial charge in [0.1, 0.15) is 0 Å². The van der Waals surface area contributed by atoms with E-state index in [-0.39, 0.29) is 29.1 Å². The number of ether oxygens (including phenoxy) is 1. The second kappa shape index (κ2) is 8.66. The van der Waals surface area contributed by atoms with Crippen LogP contribution in [0.1, 0.15) is 27.7 Å². The number of amides is 1. The minimum Gasteiger partial charge on any atom is -0.493 e. The largest absolute Gasteiger partial charge is 0.493 e. The Bertz CT molecular complexity index is 1100. The van der Waals surface area contributed by atoms with Crippen molar-refractivity contribution in [2.45, 2.75) is 12.2 Å². The molecule has 4 rings (SSSR count). The summed E-state index contributed by atoms with van der Waals surface area (Å²) < 4.78 is 46.0. The number of likely N-dealkylation sites (N-methyl/N-ethyl adjacent to an activating group) is 1. The highest BCUT2D eigenvalue weighted by molar-refractivity contribution is 5.95. The van der Waals surface area contributed by atoms with Crippen LogP contribution in [0.2, 0.25) is 0 Å². The number of hydrogen-bond donors (Lipinski definition) is 0. The molecule has 2 heterocycles. The van der Waals surface area contributed by atoms with E-state index in [1.165, 1.54) is 30.1 Å². The van der Waals surface area contributed by atoms with Crippen molar-refractivity contribution in [3.63, 3.8) is 0 Å². The number of carbonyl (C=O) groups excluding carboxylic acids is 1. The summed E-state index contributed by atoms with van der Waals surface area (Å²) >= 11 is 0. The molecular weight excluding hydrogens is 421 g/mol. The third-order valence-corrected chi connectivity index (χ3v) is 5.57. The number of halogens is 3. The van der Waals surface area contributed by atoms with Crippen molar-refractivity contribution in [3.8, 4) is 11.4 Å². The van der Waals surface area contributed by atoms with Crippen molar-refractivity contribution in [2.75, 3.05) is 33.8 Å². The molecule has 0 aliphatic carbocycles. The van der Waals surface area contributed by atoms with Crippen molar-refractivity contribution in [2.24, 2.45) is 0 Å². The van der Waals surface area contributed by atoms with E-state index in [0.717, 1.165) is 17.7 Å². The molecule has 1 fully saturated rings. The van der Waals surface area contributed by atoms with Gasteiger partial charge in [0.25, 0.3) is 5.91 Å². The van der Waals surface area contributed by atoms with Gasteiger partial charge >= 0.3 is 6.18 Å². The van der Waals surface area contributed by atoms with Gasteiger partial charge in [0.2, 0.25) is 0 Å². The number of aromatic nitrogens is 2. The van der Waals surface area contributed by atoms with E-state index in [4.69, 9.17) is 4.74 Å². The number of piperazine rings is 1. The second-order valence-corrected chi connectivity index (χ2v) is 7.73. The molecule has 9 heteroatoms. The number of rotatable bonds is 4. The van der Waals surface area contributed by atoms with Gasteiger partial charge < -0.3 is 14.5 Å². The van der Waals surface area contributed by atoms with E-state index in [1.807, 2.05) is 37.4 Å². The predicted molar refractivity (Wildman–Crippen MR) is 113 cm³/mol. The average Bonchev–Trinajstić information content (AvgIpc) is 3.23. The molecule has 1 aliphatic heterocycles. The normalized spacial score (nSPS) is 17.4. The molecule has 1 atom stereocenters. The van der Waals surface area contributed by atoms with Crippen LogP contribution in [0.4, 0.5) is 13.2 Å². The van der Waals surface area contributed by atoms with Crippen LogP contribution in [-0.2, 0) is 6.18 Å². The summed E-state index contributed by atoms with van der Waals surface area (Å²) in [5.74, 6) is -0.118. The number of hydrogen-bond acceptors (Lipinski definition) is 4. The molecule has 1 amide bonds. The zero-order valence-corrected chi connectivity index (χ0v) is 17.7. The second-order valence-electron chi connectivity index (χ2n) is 7.73. The number of nitrogens with zero attached hydrogens (tertiary/aromatic N) is 4. The van der Waals surface area contributed by atoms with Crippen LogP contribution in [0.5, 0.6) is 5.75 Å². The molecule has 2 aromatic carbocycles.